The van der Waals surface area contributed by atoms with Crippen LogP contribution in [0.3, 0.4) is 0 Å². The minimum atomic E-state index is 0.482. The van der Waals surface area contributed by atoms with Crippen molar-refractivity contribution >= 4 is 50.1 Å². The van der Waals surface area contributed by atoms with Crippen molar-refractivity contribution in [1.29, 1.82) is 0 Å². The van der Waals surface area contributed by atoms with E-state index in [1.54, 1.807) is 0 Å². The van der Waals surface area contributed by atoms with Gasteiger partial charge in [0.15, 0.2) is 0 Å². The predicted octanol–water partition coefficient (Wildman–Crippen LogP) is 5.69. The number of halogens is 3. The van der Waals surface area contributed by atoms with Crippen LogP contribution in [0.5, 0.6) is 0 Å². The van der Waals surface area contributed by atoms with Gasteiger partial charge in [-0.15, -0.1) is 11.6 Å². The van der Waals surface area contributed by atoms with Gasteiger partial charge in [-0.2, -0.15) is 0 Å². The van der Waals surface area contributed by atoms with Crippen molar-refractivity contribution in [2.24, 2.45) is 5.92 Å². The molecule has 0 saturated heterocycles. The zero-order valence-electron chi connectivity index (χ0n) is 10.5. The molecule has 0 heterocycles. The summed E-state index contributed by atoms with van der Waals surface area (Å²) in [7, 11) is 0. The Bertz CT molecular complexity index is 525. The summed E-state index contributed by atoms with van der Waals surface area (Å²) in [6, 6.07) is 17.2. The van der Waals surface area contributed by atoms with Gasteiger partial charge in [-0.05, 0) is 76.7 Å². The van der Waals surface area contributed by atoms with Gasteiger partial charge in [-0.25, -0.2) is 0 Å². The Balaban J connectivity index is 2.02. The minimum Gasteiger partial charge on any atom is -0.126 e. The van der Waals surface area contributed by atoms with Gasteiger partial charge in [-0.1, -0.05) is 40.2 Å². The molecular formula is C16H15BrClI. The van der Waals surface area contributed by atoms with Crippen molar-refractivity contribution in [3.05, 3.63) is 67.7 Å². The van der Waals surface area contributed by atoms with Crippen molar-refractivity contribution in [3.8, 4) is 0 Å². The highest BCUT2D eigenvalue weighted by Gasteiger charge is 2.10. The first-order valence-electron chi connectivity index (χ1n) is 6.22. The van der Waals surface area contributed by atoms with E-state index < -0.39 is 0 Å². The molecule has 1 unspecified atom stereocenters. The lowest BCUT2D eigenvalue weighted by Crippen LogP contribution is -2.10. The van der Waals surface area contributed by atoms with Crippen LogP contribution in [0.1, 0.15) is 11.1 Å². The first-order chi connectivity index (χ1) is 9.17. The highest BCUT2D eigenvalue weighted by atomic mass is 127. The highest BCUT2D eigenvalue weighted by molar-refractivity contribution is 14.1. The third-order valence-corrected chi connectivity index (χ3v) is 4.72. The average molecular weight is 450 g/mol. The van der Waals surface area contributed by atoms with Gasteiger partial charge in [0.05, 0.1) is 0 Å². The Morgan fingerprint density at radius 2 is 1.68 bits per heavy atom. The first-order valence-corrected chi connectivity index (χ1v) is 8.63. The lowest BCUT2D eigenvalue weighted by molar-refractivity contribution is 0.584. The molecule has 0 aromatic heterocycles. The third-order valence-electron chi connectivity index (χ3n) is 3.07. The summed E-state index contributed by atoms with van der Waals surface area (Å²) in [6.45, 7) is 0. The lowest BCUT2D eigenvalue weighted by atomic mass is 9.94. The number of rotatable bonds is 5. The molecule has 2 aromatic rings. The number of benzene rings is 2. The summed E-state index contributed by atoms with van der Waals surface area (Å²) < 4.78 is 2.41. The standard InChI is InChI=1S/C16H15BrClI/c17-15-3-1-2-13(10-15)9-14(11-18)8-12-4-6-16(19)7-5-12/h1-7,10,14H,8-9,11H2. The van der Waals surface area contributed by atoms with Crippen LogP contribution in [0.4, 0.5) is 0 Å². The van der Waals surface area contributed by atoms with Crippen molar-refractivity contribution < 1.29 is 0 Å². The summed E-state index contributed by atoms with van der Waals surface area (Å²) in [5.41, 5.74) is 2.70. The normalized spacial score (nSPS) is 12.4. The lowest BCUT2D eigenvalue weighted by Gasteiger charge is -2.14. The van der Waals surface area contributed by atoms with Crippen LogP contribution in [-0.2, 0) is 12.8 Å². The molecule has 100 valence electrons. The maximum absolute atomic E-state index is 6.13. The fourth-order valence-corrected chi connectivity index (χ4v) is 3.16. The molecule has 0 N–H and O–H groups in total. The summed E-state index contributed by atoms with van der Waals surface area (Å²) in [4.78, 5) is 0. The molecule has 2 aromatic carbocycles. The van der Waals surface area contributed by atoms with Gasteiger partial charge in [-0.3, -0.25) is 0 Å². The maximum atomic E-state index is 6.13. The molecule has 0 fully saturated rings. The van der Waals surface area contributed by atoms with Crippen LogP contribution >= 0.6 is 50.1 Å². The zero-order valence-corrected chi connectivity index (χ0v) is 15.0. The van der Waals surface area contributed by atoms with Crippen LogP contribution in [0.2, 0.25) is 0 Å². The fourth-order valence-electron chi connectivity index (χ4n) is 2.13. The fraction of sp³-hybridized carbons (Fsp3) is 0.250. The number of hydrogen-bond donors (Lipinski definition) is 0. The zero-order chi connectivity index (χ0) is 13.7. The van der Waals surface area contributed by atoms with E-state index in [-0.39, 0.29) is 0 Å². The van der Waals surface area contributed by atoms with Crippen molar-refractivity contribution in [2.45, 2.75) is 12.8 Å². The van der Waals surface area contributed by atoms with Gasteiger partial charge < -0.3 is 0 Å². The molecule has 0 aliphatic heterocycles. The molecule has 0 radical (unpaired) electrons. The Kier molecular flexibility index (Phi) is 6.17. The monoisotopic (exact) mass is 448 g/mol. The van der Waals surface area contributed by atoms with Crippen molar-refractivity contribution in [3.63, 3.8) is 0 Å². The summed E-state index contributed by atoms with van der Waals surface area (Å²) >= 11 is 12.0. The molecule has 0 saturated carbocycles. The topological polar surface area (TPSA) is 0 Å². The molecule has 0 amide bonds. The number of alkyl halides is 1. The Labute approximate surface area is 141 Å². The quantitative estimate of drug-likeness (QED) is 0.406. The predicted molar refractivity (Wildman–Crippen MR) is 94.9 cm³/mol. The summed E-state index contributed by atoms with van der Waals surface area (Å²) in [5.74, 6) is 1.18. The molecule has 3 heteroatoms. The second-order valence-electron chi connectivity index (χ2n) is 4.68. The van der Waals surface area contributed by atoms with Gasteiger partial charge in [0.1, 0.15) is 0 Å². The van der Waals surface area contributed by atoms with Gasteiger partial charge >= 0.3 is 0 Å². The van der Waals surface area contributed by atoms with E-state index >= 15 is 0 Å². The minimum absolute atomic E-state index is 0.482. The summed E-state index contributed by atoms with van der Waals surface area (Å²) in [6.07, 6.45) is 2.06. The van der Waals surface area contributed by atoms with Crippen molar-refractivity contribution in [2.75, 3.05) is 5.88 Å². The molecule has 0 spiro atoms. The largest absolute Gasteiger partial charge is 0.126 e. The van der Waals surface area contributed by atoms with Gasteiger partial charge in [0, 0.05) is 13.9 Å². The van der Waals surface area contributed by atoms with Crippen LogP contribution < -0.4 is 0 Å². The third kappa shape index (κ3) is 5.09. The van der Waals surface area contributed by atoms with E-state index in [1.807, 2.05) is 0 Å². The van der Waals surface area contributed by atoms with E-state index in [9.17, 15) is 0 Å². The molecular weight excluding hydrogens is 434 g/mol. The van der Waals surface area contributed by atoms with E-state index in [0.29, 0.717) is 11.8 Å². The average Bonchev–Trinajstić information content (AvgIpc) is 2.40. The van der Waals surface area contributed by atoms with E-state index in [2.05, 4.69) is 87.1 Å². The van der Waals surface area contributed by atoms with E-state index in [0.717, 1.165) is 17.3 Å². The number of hydrogen-bond acceptors (Lipinski definition) is 0. The smallest absolute Gasteiger partial charge is 0.0258 e. The Morgan fingerprint density at radius 1 is 1.00 bits per heavy atom. The molecule has 0 aliphatic rings. The van der Waals surface area contributed by atoms with Gasteiger partial charge in [0.25, 0.3) is 0 Å². The molecule has 0 nitrogen and oxygen atoms in total. The molecule has 0 bridgehead atoms. The first kappa shape index (κ1) is 15.3. The molecule has 0 aliphatic carbocycles. The molecule has 1 atom stereocenters. The highest BCUT2D eigenvalue weighted by Crippen LogP contribution is 2.19. The SMILES string of the molecule is ClCC(Cc1ccc(I)cc1)Cc1cccc(Br)c1. The van der Waals surface area contributed by atoms with Crippen LogP contribution in [0.15, 0.2) is 53.0 Å². The van der Waals surface area contributed by atoms with E-state index in [4.69, 9.17) is 11.6 Å². The molecule has 19 heavy (non-hydrogen) atoms. The van der Waals surface area contributed by atoms with E-state index in [1.165, 1.54) is 14.7 Å². The summed E-state index contributed by atoms with van der Waals surface area (Å²) in [5, 5.41) is 0. The maximum Gasteiger partial charge on any atom is 0.0258 e. The second-order valence-corrected chi connectivity index (χ2v) is 7.15. The Morgan fingerprint density at radius 3 is 2.32 bits per heavy atom. The second kappa shape index (κ2) is 7.65. The van der Waals surface area contributed by atoms with Crippen LogP contribution in [0, 0.1) is 9.49 Å². The molecule has 2 rings (SSSR count). The van der Waals surface area contributed by atoms with Gasteiger partial charge in [0.2, 0.25) is 0 Å². The van der Waals surface area contributed by atoms with Crippen LogP contribution in [-0.4, -0.2) is 5.88 Å². The van der Waals surface area contributed by atoms with Crippen LogP contribution in [0.25, 0.3) is 0 Å². The Hall–Kier alpha value is -0.0600. The van der Waals surface area contributed by atoms with Crippen molar-refractivity contribution in [1.82, 2.24) is 0 Å².